The maximum absolute atomic E-state index is 6.26. The third-order valence-electron chi connectivity index (χ3n) is 3.93. The van der Waals surface area contributed by atoms with Crippen molar-refractivity contribution < 1.29 is 4.74 Å². The summed E-state index contributed by atoms with van der Waals surface area (Å²) in [5, 5.41) is 0.257. The number of rotatable bonds is 3. The Morgan fingerprint density at radius 3 is 2.50 bits per heavy atom. The van der Waals surface area contributed by atoms with Gasteiger partial charge in [0.1, 0.15) is 11.9 Å². The van der Waals surface area contributed by atoms with E-state index in [-0.39, 0.29) is 16.9 Å². The van der Waals surface area contributed by atoms with Crippen molar-refractivity contribution in [1.29, 1.82) is 0 Å². The second-order valence-corrected chi connectivity index (χ2v) is 5.51. The first-order chi connectivity index (χ1) is 7.56. The molecule has 0 aromatic heterocycles. The summed E-state index contributed by atoms with van der Waals surface area (Å²) < 4.78 is 6.00. The molecule has 2 heteroatoms. The SMILES string of the molecule is CCC1(C)C(Cl)CC1Oc1ccc(C)cc1. The van der Waals surface area contributed by atoms with Crippen LogP contribution in [0.15, 0.2) is 24.3 Å². The summed E-state index contributed by atoms with van der Waals surface area (Å²) in [5.74, 6) is 0.957. The molecule has 0 heterocycles. The van der Waals surface area contributed by atoms with E-state index in [2.05, 4.69) is 32.9 Å². The molecule has 1 aromatic rings. The number of alkyl halides is 1. The molecule has 0 aliphatic heterocycles. The van der Waals surface area contributed by atoms with Gasteiger partial charge in [0, 0.05) is 17.2 Å². The number of aryl methyl sites for hydroxylation is 1. The summed E-state index contributed by atoms with van der Waals surface area (Å²) in [5.41, 5.74) is 1.39. The first-order valence-electron chi connectivity index (χ1n) is 5.93. The molecule has 3 unspecified atom stereocenters. The van der Waals surface area contributed by atoms with Gasteiger partial charge in [-0.25, -0.2) is 0 Å². The maximum atomic E-state index is 6.26. The Morgan fingerprint density at radius 2 is 2.00 bits per heavy atom. The zero-order valence-electron chi connectivity index (χ0n) is 10.2. The first-order valence-corrected chi connectivity index (χ1v) is 6.37. The van der Waals surface area contributed by atoms with Crippen molar-refractivity contribution in [2.24, 2.45) is 5.41 Å². The minimum atomic E-state index is 0.131. The van der Waals surface area contributed by atoms with Gasteiger partial charge in [-0.15, -0.1) is 11.6 Å². The minimum Gasteiger partial charge on any atom is -0.490 e. The van der Waals surface area contributed by atoms with Crippen LogP contribution < -0.4 is 4.74 Å². The number of hydrogen-bond donors (Lipinski definition) is 0. The fourth-order valence-electron chi connectivity index (χ4n) is 2.18. The lowest BCUT2D eigenvalue weighted by Gasteiger charge is -2.50. The molecule has 1 nitrogen and oxygen atoms in total. The standard InChI is InChI=1S/C14H19ClO/c1-4-14(3)12(15)9-13(14)16-11-7-5-10(2)6-8-11/h5-8,12-13H,4,9H2,1-3H3. The normalized spacial score (nSPS) is 33.2. The molecule has 1 aliphatic carbocycles. The molecular weight excluding hydrogens is 220 g/mol. The summed E-state index contributed by atoms with van der Waals surface area (Å²) in [6.07, 6.45) is 2.29. The summed E-state index contributed by atoms with van der Waals surface area (Å²) in [6, 6.07) is 8.23. The highest BCUT2D eigenvalue weighted by Crippen LogP contribution is 2.49. The predicted molar refractivity (Wildman–Crippen MR) is 68.3 cm³/mol. The Morgan fingerprint density at radius 1 is 1.38 bits per heavy atom. The van der Waals surface area contributed by atoms with Crippen LogP contribution in [0.4, 0.5) is 0 Å². The van der Waals surface area contributed by atoms with Gasteiger partial charge in [0.15, 0.2) is 0 Å². The van der Waals surface area contributed by atoms with Gasteiger partial charge in [-0.3, -0.25) is 0 Å². The Balaban J connectivity index is 2.04. The van der Waals surface area contributed by atoms with Crippen molar-refractivity contribution in [3.05, 3.63) is 29.8 Å². The van der Waals surface area contributed by atoms with E-state index in [1.807, 2.05) is 12.1 Å². The topological polar surface area (TPSA) is 9.23 Å². The van der Waals surface area contributed by atoms with E-state index in [9.17, 15) is 0 Å². The molecule has 3 atom stereocenters. The Kier molecular flexibility index (Phi) is 3.16. The molecule has 1 aliphatic rings. The largest absolute Gasteiger partial charge is 0.490 e. The third-order valence-corrected chi connectivity index (χ3v) is 4.61. The lowest BCUT2D eigenvalue weighted by atomic mass is 9.65. The summed E-state index contributed by atoms with van der Waals surface area (Å²) in [7, 11) is 0. The van der Waals surface area contributed by atoms with Crippen molar-refractivity contribution in [3.8, 4) is 5.75 Å². The smallest absolute Gasteiger partial charge is 0.119 e. The fourth-order valence-corrected chi connectivity index (χ4v) is 2.64. The molecule has 0 saturated heterocycles. The number of ether oxygens (including phenoxy) is 1. The van der Waals surface area contributed by atoms with E-state index in [0.717, 1.165) is 18.6 Å². The van der Waals surface area contributed by atoms with E-state index < -0.39 is 0 Å². The number of halogens is 1. The molecule has 88 valence electrons. The molecule has 1 aromatic carbocycles. The van der Waals surface area contributed by atoms with Gasteiger partial charge in [0.2, 0.25) is 0 Å². The molecular formula is C14H19ClO. The molecule has 1 fully saturated rings. The molecule has 0 amide bonds. The van der Waals surface area contributed by atoms with Crippen LogP contribution >= 0.6 is 11.6 Å². The van der Waals surface area contributed by atoms with Crippen molar-refractivity contribution >= 4 is 11.6 Å². The highest BCUT2D eigenvalue weighted by atomic mass is 35.5. The van der Waals surface area contributed by atoms with Crippen LogP contribution in [-0.4, -0.2) is 11.5 Å². The molecule has 2 rings (SSSR count). The highest BCUT2D eigenvalue weighted by molar-refractivity contribution is 6.21. The molecule has 0 radical (unpaired) electrons. The van der Waals surface area contributed by atoms with Crippen LogP contribution in [0.3, 0.4) is 0 Å². The molecule has 0 spiro atoms. The van der Waals surface area contributed by atoms with Crippen LogP contribution in [0.5, 0.6) is 5.75 Å². The second kappa shape index (κ2) is 4.29. The lowest BCUT2D eigenvalue weighted by molar-refractivity contribution is -0.0294. The lowest BCUT2D eigenvalue weighted by Crippen LogP contribution is -2.55. The fraction of sp³-hybridized carbons (Fsp3) is 0.571. The van der Waals surface area contributed by atoms with E-state index >= 15 is 0 Å². The Bertz CT molecular complexity index is 360. The van der Waals surface area contributed by atoms with E-state index in [0.29, 0.717) is 0 Å². The maximum Gasteiger partial charge on any atom is 0.119 e. The van der Waals surface area contributed by atoms with Gasteiger partial charge in [-0.05, 0) is 25.5 Å². The molecule has 16 heavy (non-hydrogen) atoms. The Hall–Kier alpha value is -0.690. The van der Waals surface area contributed by atoms with Crippen molar-refractivity contribution in [1.82, 2.24) is 0 Å². The van der Waals surface area contributed by atoms with Crippen molar-refractivity contribution in [2.45, 2.75) is 45.1 Å². The van der Waals surface area contributed by atoms with Gasteiger partial charge < -0.3 is 4.74 Å². The summed E-state index contributed by atoms with van der Waals surface area (Å²) >= 11 is 6.26. The van der Waals surface area contributed by atoms with Crippen LogP contribution in [0, 0.1) is 12.3 Å². The van der Waals surface area contributed by atoms with Crippen LogP contribution in [0.25, 0.3) is 0 Å². The molecule has 0 N–H and O–H groups in total. The van der Waals surface area contributed by atoms with Crippen LogP contribution in [-0.2, 0) is 0 Å². The van der Waals surface area contributed by atoms with Gasteiger partial charge >= 0.3 is 0 Å². The van der Waals surface area contributed by atoms with Crippen LogP contribution in [0.2, 0.25) is 0 Å². The van der Waals surface area contributed by atoms with Crippen molar-refractivity contribution in [3.63, 3.8) is 0 Å². The van der Waals surface area contributed by atoms with E-state index in [1.54, 1.807) is 0 Å². The first kappa shape index (κ1) is 11.8. The molecule has 1 saturated carbocycles. The number of benzene rings is 1. The predicted octanol–water partition coefficient (Wildman–Crippen LogP) is 4.17. The van der Waals surface area contributed by atoms with Gasteiger partial charge in [-0.1, -0.05) is 31.5 Å². The summed E-state index contributed by atoms with van der Waals surface area (Å²) in [4.78, 5) is 0. The number of hydrogen-bond acceptors (Lipinski definition) is 1. The van der Waals surface area contributed by atoms with E-state index in [4.69, 9.17) is 16.3 Å². The average Bonchev–Trinajstić information content (AvgIpc) is 2.30. The second-order valence-electron chi connectivity index (χ2n) is 4.98. The summed E-state index contributed by atoms with van der Waals surface area (Å²) in [6.45, 7) is 6.48. The monoisotopic (exact) mass is 238 g/mol. The minimum absolute atomic E-state index is 0.131. The van der Waals surface area contributed by atoms with E-state index in [1.165, 1.54) is 5.56 Å². The zero-order valence-corrected chi connectivity index (χ0v) is 10.9. The molecule has 0 bridgehead atoms. The van der Waals surface area contributed by atoms with Gasteiger partial charge in [-0.2, -0.15) is 0 Å². The highest BCUT2D eigenvalue weighted by Gasteiger charge is 2.51. The third kappa shape index (κ3) is 1.93. The van der Waals surface area contributed by atoms with Crippen LogP contribution in [0.1, 0.15) is 32.3 Å². The Labute approximate surface area is 103 Å². The quantitative estimate of drug-likeness (QED) is 0.719. The average molecular weight is 239 g/mol. The van der Waals surface area contributed by atoms with Gasteiger partial charge in [0.05, 0.1) is 0 Å². The van der Waals surface area contributed by atoms with Gasteiger partial charge in [0.25, 0.3) is 0 Å². The van der Waals surface area contributed by atoms with Crippen molar-refractivity contribution in [2.75, 3.05) is 0 Å². The zero-order chi connectivity index (χ0) is 11.8.